The minimum atomic E-state index is 0.0742. The molecule has 1 atom stereocenters. The second kappa shape index (κ2) is 12.1. The van der Waals surface area contributed by atoms with E-state index >= 15 is 0 Å². The predicted molar refractivity (Wildman–Crippen MR) is 249 cm³/mol. The fraction of sp³-hybridized carbons (Fsp3) is 0.0741. The lowest BCUT2D eigenvalue weighted by molar-refractivity contribution is 0.491. The Morgan fingerprint density at radius 2 is 1.37 bits per heavy atom. The Morgan fingerprint density at radius 3 is 2.27 bits per heavy atom. The number of hydrogen-bond donors (Lipinski definition) is 0. The summed E-state index contributed by atoms with van der Waals surface area (Å²) in [6, 6.07) is 47.4. The third-order valence-electron chi connectivity index (χ3n) is 12.9. The molecular formula is C54H33N3O2S. The topological polar surface area (TPSA) is 57.0 Å². The van der Waals surface area contributed by atoms with Crippen molar-refractivity contribution in [1.29, 1.82) is 0 Å². The highest BCUT2D eigenvalue weighted by molar-refractivity contribution is 7.27. The monoisotopic (exact) mass is 787 g/mol. The van der Waals surface area contributed by atoms with E-state index in [1.165, 1.54) is 63.2 Å². The Balaban J connectivity index is 0.964. The molecule has 2 aliphatic carbocycles. The van der Waals surface area contributed by atoms with Crippen LogP contribution in [0.25, 0.3) is 127 Å². The van der Waals surface area contributed by atoms with Crippen molar-refractivity contribution < 1.29 is 8.83 Å². The average molecular weight is 788 g/mol. The van der Waals surface area contributed by atoms with Crippen LogP contribution in [-0.4, -0.2) is 14.5 Å². The molecule has 12 aromatic rings. The first-order valence-electron chi connectivity index (χ1n) is 20.7. The van der Waals surface area contributed by atoms with Crippen molar-refractivity contribution in [2.45, 2.75) is 25.3 Å². The number of hydrogen-bond acceptors (Lipinski definition) is 5. The summed E-state index contributed by atoms with van der Waals surface area (Å²) in [6.07, 6.45) is 12.5. The van der Waals surface area contributed by atoms with Crippen molar-refractivity contribution in [3.05, 3.63) is 161 Å². The number of nitrogens with zero attached hydrogens (tertiary/aromatic N) is 3. The minimum Gasteiger partial charge on any atom is -0.460 e. The molecule has 5 nitrogen and oxygen atoms in total. The number of furan rings is 2. The van der Waals surface area contributed by atoms with Gasteiger partial charge >= 0.3 is 0 Å². The average Bonchev–Trinajstić information content (AvgIpc) is 4.07. The van der Waals surface area contributed by atoms with Crippen LogP contribution in [0.2, 0.25) is 0 Å². The molecule has 0 saturated carbocycles. The fourth-order valence-corrected chi connectivity index (χ4v) is 11.6. The summed E-state index contributed by atoms with van der Waals surface area (Å²) in [5.74, 6) is 1.01. The van der Waals surface area contributed by atoms with E-state index in [0.717, 1.165) is 80.6 Å². The molecule has 7 aromatic carbocycles. The van der Waals surface area contributed by atoms with Crippen LogP contribution >= 0.6 is 11.3 Å². The summed E-state index contributed by atoms with van der Waals surface area (Å²) in [7, 11) is 0. The molecule has 5 aromatic heterocycles. The SMILES string of the molecule is C1=CC(n2c3c(c4c5ccccc5c5c(sc6ccc7ccccc7c65)c42)=CCCC=3)Cc2oc3cc(-c4nc5c(nc4-c4ccccc4)oc4ccccc45)ccc3c21. The van der Waals surface area contributed by atoms with Crippen molar-refractivity contribution in [1.82, 2.24) is 14.5 Å². The normalized spacial score (nSPS) is 15.2. The highest BCUT2D eigenvalue weighted by Crippen LogP contribution is 2.47. The van der Waals surface area contributed by atoms with Gasteiger partial charge in [0.1, 0.15) is 28.1 Å². The van der Waals surface area contributed by atoms with Gasteiger partial charge in [0.25, 0.3) is 0 Å². The van der Waals surface area contributed by atoms with Gasteiger partial charge in [-0.2, -0.15) is 0 Å². The van der Waals surface area contributed by atoms with Gasteiger partial charge in [-0.3, -0.25) is 0 Å². The van der Waals surface area contributed by atoms with E-state index in [2.05, 4.69) is 120 Å². The zero-order valence-corrected chi connectivity index (χ0v) is 33.1. The van der Waals surface area contributed by atoms with Gasteiger partial charge in [-0.05, 0) is 64.7 Å². The standard InChI is InChI=1S/C54H33N3O2S/c1-2-13-31(14-3-1)49-50(55-51-40-19-9-11-21-42(40)59-54(51)56-49)32-22-25-35-36-26-24-33(29-44(36)58-43(35)28-32)57-41-20-10-8-18-39(41)46-37-16-6-7-17-38(37)48-47-34-15-5-4-12-30(34)23-27-45(47)60-53(48)52(46)57/h1-7,9,11-28,33H,8,10,29H2. The zero-order chi connectivity index (χ0) is 39.1. The lowest BCUT2D eigenvalue weighted by Gasteiger charge is -2.21. The van der Waals surface area contributed by atoms with E-state index in [9.17, 15) is 0 Å². The first-order chi connectivity index (χ1) is 29.7. The number of fused-ring (bicyclic) bond motifs is 18. The molecule has 14 rings (SSSR count). The van der Waals surface area contributed by atoms with E-state index in [4.69, 9.17) is 18.8 Å². The van der Waals surface area contributed by atoms with E-state index in [-0.39, 0.29) is 6.04 Å². The smallest absolute Gasteiger partial charge is 0.246 e. The van der Waals surface area contributed by atoms with E-state index < -0.39 is 0 Å². The minimum absolute atomic E-state index is 0.0742. The molecule has 60 heavy (non-hydrogen) atoms. The molecule has 0 fully saturated rings. The maximum Gasteiger partial charge on any atom is 0.246 e. The number of aromatic nitrogens is 3. The molecule has 0 bridgehead atoms. The highest BCUT2D eigenvalue weighted by Gasteiger charge is 2.28. The second-order valence-corrected chi connectivity index (χ2v) is 17.3. The number of allylic oxidation sites excluding steroid dienone is 1. The van der Waals surface area contributed by atoms with Crippen molar-refractivity contribution in [3.8, 4) is 22.5 Å². The summed E-state index contributed by atoms with van der Waals surface area (Å²) < 4.78 is 18.5. The quantitative estimate of drug-likeness (QED) is 0.179. The molecule has 0 saturated heterocycles. The van der Waals surface area contributed by atoms with Gasteiger partial charge in [0.15, 0.2) is 0 Å². The van der Waals surface area contributed by atoms with Crippen LogP contribution in [0.5, 0.6) is 0 Å². The van der Waals surface area contributed by atoms with E-state index in [1.54, 1.807) is 0 Å². The van der Waals surface area contributed by atoms with Crippen molar-refractivity contribution in [3.63, 3.8) is 0 Å². The van der Waals surface area contributed by atoms with Gasteiger partial charge < -0.3 is 13.4 Å². The molecule has 2 aliphatic rings. The van der Waals surface area contributed by atoms with Gasteiger partial charge in [0.05, 0.1) is 22.0 Å². The molecule has 0 aliphatic heterocycles. The van der Waals surface area contributed by atoms with Crippen LogP contribution in [0, 0.1) is 0 Å². The second-order valence-electron chi connectivity index (χ2n) is 16.2. The van der Waals surface area contributed by atoms with Crippen LogP contribution in [0.1, 0.15) is 30.2 Å². The van der Waals surface area contributed by atoms with Gasteiger partial charge in [0.2, 0.25) is 5.71 Å². The zero-order valence-electron chi connectivity index (χ0n) is 32.3. The lowest BCUT2D eigenvalue weighted by atomic mass is 9.96. The largest absolute Gasteiger partial charge is 0.460 e. The predicted octanol–water partition coefficient (Wildman–Crippen LogP) is 13.3. The van der Waals surface area contributed by atoms with Gasteiger partial charge in [0, 0.05) is 65.3 Å². The summed E-state index contributed by atoms with van der Waals surface area (Å²) in [6.45, 7) is 0. The Morgan fingerprint density at radius 1 is 0.600 bits per heavy atom. The summed E-state index contributed by atoms with van der Waals surface area (Å²) in [5.41, 5.74) is 8.93. The van der Waals surface area contributed by atoms with Crippen LogP contribution in [0.4, 0.5) is 0 Å². The summed E-state index contributed by atoms with van der Waals surface area (Å²) in [4.78, 5) is 10.4. The van der Waals surface area contributed by atoms with Crippen molar-refractivity contribution in [2.75, 3.05) is 0 Å². The summed E-state index contributed by atoms with van der Waals surface area (Å²) in [5, 5.41) is 14.1. The first kappa shape index (κ1) is 32.7. The van der Waals surface area contributed by atoms with Crippen LogP contribution in [0.15, 0.2) is 148 Å². The third kappa shape index (κ3) is 4.46. The highest BCUT2D eigenvalue weighted by atomic mass is 32.1. The molecule has 6 heteroatoms. The van der Waals surface area contributed by atoms with Gasteiger partial charge in [-0.15, -0.1) is 11.3 Å². The fourth-order valence-electron chi connectivity index (χ4n) is 10.4. The van der Waals surface area contributed by atoms with E-state index in [0.29, 0.717) is 5.71 Å². The lowest BCUT2D eigenvalue weighted by Crippen LogP contribution is -2.33. The maximum absolute atomic E-state index is 6.93. The number of para-hydroxylation sites is 1. The first-order valence-corrected chi connectivity index (χ1v) is 21.5. The molecule has 0 amide bonds. The van der Waals surface area contributed by atoms with Gasteiger partial charge in [-0.25, -0.2) is 9.97 Å². The van der Waals surface area contributed by atoms with Crippen LogP contribution in [0.3, 0.4) is 0 Å². The van der Waals surface area contributed by atoms with Crippen LogP contribution in [-0.2, 0) is 6.42 Å². The number of benzene rings is 7. The Hall–Kier alpha value is -7.28. The third-order valence-corrected chi connectivity index (χ3v) is 14.1. The van der Waals surface area contributed by atoms with Crippen molar-refractivity contribution >= 4 is 115 Å². The molecule has 0 spiro atoms. The molecule has 5 heterocycles. The molecule has 0 N–H and O–H groups in total. The number of thiophene rings is 1. The molecule has 0 radical (unpaired) electrons. The van der Waals surface area contributed by atoms with E-state index in [1.807, 2.05) is 53.8 Å². The Labute approximate surface area is 346 Å². The number of rotatable bonds is 3. The molecular weight excluding hydrogens is 755 g/mol. The Bertz CT molecular complexity index is 3990. The van der Waals surface area contributed by atoms with Gasteiger partial charge in [-0.1, -0.05) is 127 Å². The summed E-state index contributed by atoms with van der Waals surface area (Å²) >= 11 is 1.94. The molecule has 282 valence electrons. The Kier molecular flexibility index (Phi) is 6.60. The van der Waals surface area contributed by atoms with Crippen LogP contribution < -0.4 is 10.6 Å². The maximum atomic E-state index is 6.93. The molecule has 1 unspecified atom stereocenters. The van der Waals surface area contributed by atoms with Crippen molar-refractivity contribution in [2.24, 2.45) is 0 Å².